The summed E-state index contributed by atoms with van der Waals surface area (Å²) in [6.07, 6.45) is 0. The number of ether oxygens (including phenoxy) is 1. The van der Waals surface area contributed by atoms with Gasteiger partial charge in [0, 0.05) is 38.3 Å². The van der Waals surface area contributed by atoms with Gasteiger partial charge in [-0.2, -0.15) is 0 Å². The summed E-state index contributed by atoms with van der Waals surface area (Å²) in [5.41, 5.74) is 4.57. The molecule has 134 valence electrons. The number of anilines is 1. The number of benzene rings is 2. The minimum absolute atomic E-state index is 0.409. The topological polar surface area (TPSA) is 35.9 Å². The van der Waals surface area contributed by atoms with Crippen LogP contribution in [0.4, 0.5) is 5.69 Å². The van der Waals surface area contributed by atoms with Gasteiger partial charge < -0.3 is 14.7 Å². The van der Waals surface area contributed by atoms with Crippen LogP contribution in [-0.4, -0.2) is 42.8 Å². The zero-order chi connectivity index (χ0) is 17.8. The van der Waals surface area contributed by atoms with E-state index < -0.39 is 0 Å². The summed E-state index contributed by atoms with van der Waals surface area (Å²) in [6.45, 7) is 11.5. The minimum Gasteiger partial charge on any atom is -0.508 e. The Labute approximate surface area is 150 Å². The highest BCUT2D eigenvalue weighted by molar-refractivity contribution is 5.58. The Hall–Kier alpha value is -2.20. The van der Waals surface area contributed by atoms with E-state index in [2.05, 4.69) is 34.9 Å². The van der Waals surface area contributed by atoms with Crippen molar-refractivity contribution < 1.29 is 9.84 Å². The molecule has 1 aliphatic rings. The van der Waals surface area contributed by atoms with Crippen LogP contribution >= 0.6 is 0 Å². The van der Waals surface area contributed by atoms with Gasteiger partial charge in [-0.3, -0.25) is 4.90 Å². The summed E-state index contributed by atoms with van der Waals surface area (Å²) in [5.74, 6) is 1.37. The Balaban J connectivity index is 1.64. The Morgan fingerprint density at radius 1 is 1.00 bits per heavy atom. The van der Waals surface area contributed by atoms with Crippen LogP contribution in [0.1, 0.15) is 23.6 Å². The Morgan fingerprint density at radius 3 is 2.40 bits per heavy atom. The lowest BCUT2D eigenvalue weighted by atomic mass is 10.0. The first-order valence-corrected chi connectivity index (χ1v) is 9.06. The van der Waals surface area contributed by atoms with Crippen molar-refractivity contribution in [3.8, 4) is 11.5 Å². The fraction of sp³-hybridized carbons (Fsp3) is 0.429. The van der Waals surface area contributed by atoms with Crippen LogP contribution in [0.25, 0.3) is 0 Å². The molecule has 0 saturated carbocycles. The lowest BCUT2D eigenvalue weighted by molar-refractivity contribution is 0.245. The number of hydrogen-bond donors (Lipinski definition) is 1. The SMILES string of the molecule is CCOc1ccccc1N1CCN(Cc2cc(C)c(C)cc2O)CC1. The van der Waals surface area contributed by atoms with Gasteiger partial charge in [0.15, 0.2) is 0 Å². The zero-order valence-electron chi connectivity index (χ0n) is 15.5. The molecule has 0 spiro atoms. The molecule has 0 aromatic heterocycles. The maximum absolute atomic E-state index is 10.2. The number of rotatable bonds is 5. The predicted octanol–water partition coefficient (Wildman–Crippen LogP) is 3.73. The van der Waals surface area contributed by atoms with E-state index in [0.29, 0.717) is 12.4 Å². The second-order valence-electron chi connectivity index (χ2n) is 6.73. The highest BCUT2D eigenvalue weighted by Gasteiger charge is 2.20. The molecule has 1 fully saturated rings. The number of phenols is 1. The molecule has 1 heterocycles. The van der Waals surface area contributed by atoms with E-state index in [1.165, 1.54) is 11.3 Å². The summed E-state index contributed by atoms with van der Waals surface area (Å²) in [4.78, 5) is 4.80. The first-order chi connectivity index (χ1) is 12.1. The molecule has 1 aliphatic heterocycles. The molecule has 0 atom stereocenters. The van der Waals surface area contributed by atoms with Crippen molar-refractivity contribution in [1.29, 1.82) is 0 Å². The molecule has 0 aliphatic carbocycles. The van der Waals surface area contributed by atoms with Gasteiger partial charge in [-0.1, -0.05) is 18.2 Å². The average Bonchev–Trinajstić information content (AvgIpc) is 2.61. The van der Waals surface area contributed by atoms with Crippen LogP contribution in [0.2, 0.25) is 0 Å². The zero-order valence-corrected chi connectivity index (χ0v) is 15.5. The predicted molar refractivity (Wildman–Crippen MR) is 103 cm³/mol. The largest absolute Gasteiger partial charge is 0.508 e. The van der Waals surface area contributed by atoms with Crippen LogP contribution in [0.3, 0.4) is 0 Å². The number of aromatic hydroxyl groups is 1. The fourth-order valence-corrected chi connectivity index (χ4v) is 3.37. The van der Waals surface area contributed by atoms with Crippen LogP contribution in [-0.2, 0) is 6.54 Å². The van der Waals surface area contributed by atoms with Crippen LogP contribution in [0, 0.1) is 13.8 Å². The van der Waals surface area contributed by atoms with Gasteiger partial charge in [-0.15, -0.1) is 0 Å². The second kappa shape index (κ2) is 7.79. The van der Waals surface area contributed by atoms with Gasteiger partial charge in [-0.25, -0.2) is 0 Å². The quantitative estimate of drug-likeness (QED) is 0.900. The Kier molecular flexibility index (Phi) is 5.49. The van der Waals surface area contributed by atoms with E-state index in [1.807, 2.05) is 32.0 Å². The van der Waals surface area contributed by atoms with E-state index in [1.54, 1.807) is 0 Å². The van der Waals surface area contributed by atoms with Crippen molar-refractivity contribution in [2.75, 3.05) is 37.7 Å². The molecule has 2 aromatic carbocycles. The number of nitrogens with zero attached hydrogens (tertiary/aromatic N) is 2. The van der Waals surface area contributed by atoms with Crippen molar-refractivity contribution in [3.63, 3.8) is 0 Å². The number of para-hydroxylation sites is 2. The standard InChI is InChI=1S/C21H28N2O2/c1-4-25-21-8-6-5-7-19(21)23-11-9-22(10-12-23)15-18-13-16(2)17(3)14-20(18)24/h5-8,13-14,24H,4,9-12,15H2,1-3H3. The van der Waals surface area contributed by atoms with Gasteiger partial charge in [-0.05, 0) is 50.1 Å². The van der Waals surface area contributed by atoms with Crippen LogP contribution < -0.4 is 9.64 Å². The van der Waals surface area contributed by atoms with E-state index in [0.717, 1.165) is 49.6 Å². The fourth-order valence-electron chi connectivity index (χ4n) is 3.37. The maximum Gasteiger partial charge on any atom is 0.142 e. The van der Waals surface area contributed by atoms with E-state index in [-0.39, 0.29) is 0 Å². The molecule has 3 rings (SSSR count). The molecule has 2 aromatic rings. The minimum atomic E-state index is 0.409. The highest BCUT2D eigenvalue weighted by atomic mass is 16.5. The average molecular weight is 340 g/mol. The Bertz CT molecular complexity index is 722. The third-order valence-electron chi connectivity index (χ3n) is 4.97. The molecular formula is C21H28N2O2. The molecule has 4 nitrogen and oxygen atoms in total. The van der Waals surface area contributed by atoms with Gasteiger partial charge in [0.1, 0.15) is 11.5 Å². The van der Waals surface area contributed by atoms with Gasteiger partial charge in [0.2, 0.25) is 0 Å². The van der Waals surface area contributed by atoms with E-state index in [4.69, 9.17) is 4.74 Å². The number of piperazine rings is 1. The molecule has 0 radical (unpaired) electrons. The van der Waals surface area contributed by atoms with Gasteiger partial charge in [0.25, 0.3) is 0 Å². The summed E-state index contributed by atoms with van der Waals surface area (Å²) in [7, 11) is 0. The molecule has 4 heteroatoms. The first kappa shape index (κ1) is 17.6. The maximum atomic E-state index is 10.2. The second-order valence-corrected chi connectivity index (χ2v) is 6.73. The van der Waals surface area contributed by atoms with Crippen molar-refractivity contribution in [2.24, 2.45) is 0 Å². The van der Waals surface area contributed by atoms with Crippen LogP contribution in [0.5, 0.6) is 11.5 Å². The molecular weight excluding hydrogens is 312 g/mol. The molecule has 0 unspecified atom stereocenters. The monoisotopic (exact) mass is 340 g/mol. The molecule has 1 saturated heterocycles. The molecule has 0 amide bonds. The van der Waals surface area contributed by atoms with Crippen molar-refractivity contribution in [1.82, 2.24) is 4.90 Å². The molecule has 1 N–H and O–H groups in total. The normalized spacial score (nSPS) is 15.4. The molecule has 0 bridgehead atoms. The van der Waals surface area contributed by atoms with Crippen molar-refractivity contribution in [2.45, 2.75) is 27.3 Å². The highest BCUT2D eigenvalue weighted by Crippen LogP contribution is 2.29. The third-order valence-corrected chi connectivity index (χ3v) is 4.97. The summed E-state index contributed by atoms with van der Waals surface area (Å²) >= 11 is 0. The lowest BCUT2D eigenvalue weighted by Crippen LogP contribution is -2.46. The lowest BCUT2D eigenvalue weighted by Gasteiger charge is -2.36. The van der Waals surface area contributed by atoms with E-state index >= 15 is 0 Å². The summed E-state index contributed by atoms with van der Waals surface area (Å²) in [6, 6.07) is 12.2. The Morgan fingerprint density at radius 2 is 1.68 bits per heavy atom. The van der Waals surface area contributed by atoms with Crippen molar-refractivity contribution >= 4 is 5.69 Å². The number of aryl methyl sites for hydroxylation is 2. The van der Waals surface area contributed by atoms with Crippen molar-refractivity contribution in [3.05, 3.63) is 53.1 Å². The first-order valence-electron chi connectivity index (χ1n) is 9.06. The number of hydrogen-bond acceptors (Lipinski definition) is 4. The summed E-state index contributed by atoms with van der Waals surface area (Å²) in [5, 5.41) is 10.2. The van der Waals surface area contributed by atoms with Gasteiger partial charge in [0.05, 0.1) is 12.3 Å². The number of phenolic OH excluding ortho intramolecular Hbond substituents is 1. The van der Waals surface area contributed by atoms with Crippen LogP contribution in [0.15, 0.2) is 36.4 Å². The summed E-state index contributed by atoms with van der Waals surface area (Å²) < 4.78 is 5.76. The third kappa shape index (κ3) is 4.07. The smallest absolute Gasteiger partial charge is 0.142 e. The van der Waals surface area contributed by atoms with E-state index in [9.17, 15) is 5.11 Å². The molecule has 25 heavy (non-hydrogen) atoms. The van der Waals surface area contributed by atoms with Gasteiger partial charge >= 0.3 is 0 Å².